The number of ether oxygens (including phenoxy) is 3. The van der Waals surface area contributed by atoms with E-state index in [-0.39, 0.29) is 5.91 Å². The van der Waals surface area contributed by atoms with E-state index in [4.69, 9.17) is 19.9 Å². The summed E-state index contributed by atoms with van der Waals surface area (Å²) in [6, 6.07) is 7.16. The topological polar surface area (TPSA) is 82.8 Å². The molecule has 0 aliphatic carbocycles. The lowest BCUT2D eigenvalue weighted by atomic mass is 10.2. The van der Waals surface area contributed by atoms with Gasteiger partial charge in [-0.25, -0.2) is 0 Å². The molecule has 21 heavy (non-hydrogen) atoms. The number of methoxy groups -OCH3 is 1. The number of rotatable bonds is 11. The number of nitrogens with two attached hydrogens (primary N) is 1. The number of nitrogens with one attached hydrogen (secondary N) is 1. The zero-order valence-corrected chi connectivity index (χ0v) is 12.5. The van der Waals surface area contributed by atoms with Gasteiger partial charge in [0.25, 0.3) is 0 Å². The van der Waals surface area contributed by atoms with Gasteiger partial charge in [0.2, 0.25) is 5.91 Å². The number of hydrogen-bond acceptors (Lipinski definition) is 5. The molecule has 0 saturated carbocycles. The van der Waals surface area contributed by atoms with Gasteiger partial charge in [-0.15, -0.1) is 0 Å². The van der Waals surface area contributed by atoms with Crippen LogP contribution in [0.1, 0.15) is 12.8 Å². The molecule has 0 aromatic heterocycles. The van der Waals surface area contributed by atoms with Crippen LogP contribution in [0.2, 0.25) is 0 Å². The number of benzene rings is 1. The van der Waals surface area contributed by atoms with E-state index in [0.717, 1.165) is 6.42 Å². The lowest BCUT2D eigenvalue weighted by molar-refractivity contribution is -0.117. The van der Waals surface area contributed by atoms with Crippen LogP contribution < -0.4 is 11.1 Å². The molecule has 118 valence electrons. The van der Waals surface area contributed by atoms with Crippen molar-refractivity contribution in [3.63, 3.8) is 0 Å². The van der Waals surface area contributed by atoms with Crippen LogP contribution >= 0.6 is 0 Å². The van der Waals surface area contributed by atoms with Crippen LogP contribution in [0, 0.1) is 0 Å². The first-order valence-corrected chi connectivity index (χ1v) is 7.03. The summed E-state index contributed by atoms with van der Waals surface area (Å²) < 4.78 is 15.5. The largest absolute Gasteiger partial charge is 0.397 e. The van der Waals surface area contributed by atoms with E-state index in [9.17, 15) is 4.79 Å². The summed E-state index contributed by atoms with van der Waals surface area (Å²) in [7, 11) is 1.64. The number of nitrogen functional groups attached to an aromatic ring is 1. The van der Waals surface area contributed by atoms with Crippen LogP contribution in [0.5, 0.6) is 0 Å². The number of carbonyl (C=O) groups excluding carboxylic acids is 1. The van der Waals surface area contributed by atoms with Crippen LogP contribution in [0.15, 0.2) is 24.3 Å². The highest BCUT2D eigenvalue weighted by Gasteiger charge is 2.04. The van der Waals surface area contributed by atoms with Gasteiger partial charge in [-0.2, -0.15) is 0 Å². The Kier molecular flexibility index (Phi) is 9.19. The van der Waals surface area contributed by atoms with E-state index in [2.05, 4.69) is 5.32 Å². The molecular weight excluding hydrogens is 272 g/mol. The first-order valence-electron chi connectivity index (χ1n) is 7.03. The van der Waals surface area contributed by atoms with Crippen molar-refractivity contribution in [2.24, 2.45) is 0 Å². The highest BCUT2D eigenvalue weighted by molar-refractivity contribution is 5.93. The average molecular weight is 296 g/mol. The molecular formula is C15H24N2O4. The molecule has 0 saturated heterocycles. The van der Waals surface area contributed by atoms with Crippen LogP contribution in [0.3, 0.4) is 0 Å². The van der Waals surface area contributed by atoms with Crippen molar-refractivity contribution < 1.29 is 19.0 Å². The van der Waals surface area contributed by atoms with Gasteiger partial charge in [-0.1, -0.05) is 12.1 Å². The van der Waals surface area contributed by atoms with Crippen LogP contribution in [0.25, 0.3) is 0 Å². The smallest absolute Gasteiger partial charge is 0.226 e. The van der Waals surface area contributed by atoms with Gasteiger partial charge in [0, 0.05) is 20.3 Å². The minimum atomic E-state index is -0.107. The van der Waals surface area contributed by atoms with Gasteiger partial charge in [-0.3, -0.25) is 4.79 Å². The molecule has 0 unspecified atom stereocenters. The zero-order chi connectivity index (χ0) is 15.3. The lowest BCUT2D eigenvalue weighted by Gasteiger charge is -2.08. The fourth-order valence-corrected chi connectivity index (χ4v) is 1.60. The third kappa shape index (κ3) is 8.29. The second kappa shape index (κ2) is 11.1. The minimum Gasteiger partial charge on any atom is -0.397 e. The van der Waals surface area contributed by atoms with Crippen molar-refractivity contribution >= 4 is 17.3 Å². The minimum absolute atomic E-state index is 0.107. The van der Waals surface area contributed by atoms with Crippen molar-refractivity contribution in [1.29, 1.82) is 0 Å². The first kappa shape index (κ1) is 17.4. The van der Waals surface area contributed by atoms with E-state index in [1.165, 1.54) is 0 Å². The predicted octanol–water partition coefficient (Wildman–Crippen LogP) is 1.67. The summed E-state index contributed by atoms with van der Waals surface area (Å²) in [4.78, 5) is 11.7. The van der Waals surface area contributed by atoms with Crippen molar-refractivity contribution in [2.75, 3.05) is 51.2 Å². The molecule has 0 heterocycles. The fourth-order valence-electron chi connectivity index (χ4n) is 1.60. The van der Waals surface area contributed by atoms with E-state index in [1.807, 2.05) is 12.1 Å². The molecule has 1 aromatic rings. The molecule has 6 heteroatoms. The molecule has 1 amide bonds. The molecule has 0 bridgehead atoms. The SMILES string of the molecule is COCCOCCCOCCC(=O)Nc1ccccc1N. The third-order valence-electron chi connectivity index (χ3n) is 2.72. The van der Waals surface area contributed by atoms with Gasteiger partial charge in [0.15, 0.2) is 0 Å². The Morgan fingerprint density at radius 3 is 2.52 bits per heavy atom. The van der Waals surface area contributed by atoms with E-state index in [0.29, 0.717) is 50.8 Å². The first-order chi connectivity index (χ1) is 10.2. The Balaban J connectivity index is 2.00. The molecule has 0 fully saturated rings. The molecule has 0 spiro atoms. The molecule has 3 N–H and O–H groups in total. The highest BCUT2D eigenvalue weighted by atomic mass is 16.5. The van der Waals surface area contributed by atoms with Gasteiger partial charge in [-0.05, 0) is 18.6 Å². The quantitative estimate of drug-likeness (QED) is 0.479. The van der Waals surface area contributed by atoms with Gasteiger partial charge in [0.1, 0.15) is 0 Å². The molecule has 0 radical (unpaired) electrons. The van der Waals surface area contributed by atoms with E-state index >= 15 is 0 Å². The Labute approximate surface area is 125 Å². The van der Waals surface area contributed by atoms with Gasteiger partial charge < -0.3 is 25.3 Å². The van der Waals surface area contributed by atoms with Crippen LogP contribution in [-0.2, 0) is 19.0 Å². The van der Waals surface area contributed by atoms with Crippen LogP contribution in [-0.4, -0.2) is 46.1 Å². The number of amides is 1. The van der Waals surface area contributed by atoms with Crippen molar-refractivity contribution in [3.05, 3.63) is 24.3 Å². The zero-order valence-electron chi connectivity index (χ0n) is 12.5. The van der Waals surface area contributed by atoms with Gasteiger partial charge >= 0.3 is 0 Å². The van der Waals surface area contributed by atoms with Crippen molar-refractivity contribution in [1.82, 2.24) is 0 Å². The lowest BCUT2D eigenvalue weighted by Crippen LogP contribution is -2.15. The Morgan fingerprint density at radius 2 is 1.81 bits per heavy atom. The summed E-state index contributed by atoms with van der Waals surface area (Å²) in [5, 5.41) is 2.75. The number of hydrogen-bond donors (Lipinski definition) is 2. The molecule has 1 rings (SSSR count). The monoisotopic (exact) mass is 296 g/mol. The van der Waals surface area contributed by atoms with E-state index < -0.39 is 0 Å². The summed E-state index contributed by atoms with van der Waals surface area (Å²) in [6.07, 6.45) is 1.11. The average Bonchev–Trinajstić information content (AvgIpc) is 2.48. The summed E-state index contributed by atoms with van der Waals surface area (Å²) >= 11 is 0. The molecule has 0 atom stereocenters. The molecule has 0 aliphatic rings. The predicted molar refractivity (Wildman–Crippen MR) is 82.2 cm³/mol. The highest BCUT2D eigenvalue weighted by Crippen LogP contribution is 2.16. The molecule has 6 nitrogen and oxygen atoms in total. The Hall–Kier alpha value is -1.63. The Morgan fingerprint density at radius 1 is 1.10 bits per heavy atom. The maximum atomic E-state index is 11.7. The molecule has 1 aromatic carbocycles. The molecule has 0 aliphatic heterocycles. The van der Waals surface area contributed by atoms with Crippen molar-refractivity contribution in [2.45, 2.75) is 12.8 Å². The Bertz CT molecular complexity index is 412. The number of anilines is 2. The van der Waals surface area contributed by atoms with E-state index in [1.54, 1.807) is 19.2 Å². The summed E-state index contributed by atoms with van der Waals surface area (Å²) in [6.45, 7) is 2.79. The number of para-hydroxylation sites is 2. The maximum Gasteiger partial charge on any atom is 0.226 e. The second-order valence-electron chi connectivity index (χ2n) is 4.46. The standard InChI is InChI=1S/C15H24N2O4/c1-19-11-12-21-9-4-8-20-10-7-15(18)17-14-6-3-2-5-13(14)16/h2-3,5-6H,4,7-12,16H2,1H3,(H,17,18). The van der Waals surface area contributed by atoms with Gasteiger partial charge in [0.05, 0.1) is 37.6 Å². The summed E-state index contributed by atoms with van der Waals surface area (Å²) in [5.74, 6) is -0.107. The van der Waals surface area contributed by atoms with Crippen LogP contribution in [0.4, 0.5) is 11.4 Å². The summed E-state index contributed by atoms with van der Waals surface area (Å²) in [5.41, 5.74) is 6.93. The van der Waals surface area contributed by atoms with Crippen molar-refractivity contribution in [3.8, 4) is 0 Å². The normalized spacial score (nSPS) is 10.5. The third-order valence-corrected chi connectivity index (χ3v) is 2.72. The fraction of sp³-hybridized carbons (Fsp3) is 0.533. The second-order valence-corrected chi connectivity index (χ2v) is 4.46. The number of carbonyl (C=O) groups is 1. The maximum absolute atomic E-state index is 11.7.